The predicted octanol–water partition coefficient (Wildman–Crippen LogP) is 4.19. The van der Waals surface area contributed by atoms with Crippen LogP contribution >= 0.6 is 0 Å². The molecule has 0 bridgehead atoms. The van der Waals surface area contributed by atoms with Crippen molar-refractivity contribution < 1.29 is 4.79 Å². The van der Waals surface area contributed by atoms with Gasteiger partial charge in [-0.15, -0.1) is 0 Å². The monoisotopic (exact) mass is 377 g/mol. The summed E-state index contributed by atoms with van der Waals surface area (Å²) in [6, 6.07) is 11.5. The van der Waals surface area contributed by atoms with Crippen LogP contribution in [0.1, 0.15) is 54.0 Å². The highest BCUT2D eigenvalue weighted by Crippen LogP contribution is 2.27. The molecule has 28 heavy (non-hydrogen) atoms. The first-order valence-corrected chi connectivity index (χ1v) is 9.66. The minimum Gasteiger partial charge on any atom is -0.335 e. The summed E-state index contributed by atoms with van der Waals surface area (Å²) in [5.41, 5.74) is 2.54. The van der Waals surface area contributed by atoms with Crippen LogP contribution < -0.4 is 0 Å². The molecule has 2 heterocycles. The van der Waals surface area contributed by atoms with E-state index in [1.54, 1.807) is 10.9 Å². The van der Waals surface area contributed by atoms with Gasteiger partial charge in [0.15, 0.2) is 5.82 Å². The zero-order chi connectivity index (χ0) is 20.1. The highest BCUT2D eigenvalue weighted by Gasteiger charge is 2.23. The SMILES string of the molecule is CCCC[C@@H](c1cccnc1)N(C)C(=O)c1cccc(-c2nc(C)n(C)n2)c1. The van der Waals surface area contributed by atoms with Crippen LogP contribution in [0.25, 0.3) is 11.4 Å². The largest absolute Gasteiger partial charge is 0.335 e. The Hall–Kier alpha value is -3.02. The summed E-state index contributed by atoms with van der Waals surface area (Å²) in [5.74, 6) is 1.45. The molecule has 0 N–H and O–H groups in total. The van der Waals surface area contributed by atoms with Crippen molar-refractivity contribution in [1.29, 1.82) is 0 Å². The number of unbranched alkanes of at least 4 members (excludes halogenated alkanes) is 1. The molecule has 0 fully saturated rings. The van der Waals surface area contributed by atoms with Gasteiger partial charge >= 0.3 is 0 Å². The fraction of sp³-hybridized carbons (Fsp3) is 0.364. The highest BCUT2D eigenvalue weighted by atomic mass is 16.2. The van der Waals surface area contributed by atoms with Gasteiger partial charge in [-0.25, -0.2) is 4.98 Å². The Labute approximate surface area is 166 Å². The third-order valence-electron chi connectivity index (χ3n) is 5.04. The van der Waals surface area contributed by atoms with E-state index in [1.165, 1.54) is 0 Å². The summed E-state index contributed by atoms with van der Waals surface area (Å²) in [6.45, 7) is 4.07. The lowest BCUT2D eigenvalue weighted by atomic mass is 10.00. The van der Waals surface area contributed by atoms with Crippen molar-refractivity contribution in [1.82, 2.24) is 24.6 Å². The molecule has 0 aliphatic heterocycles. The van der Waals surface area contributed by atoms with Crippen LogP contribution in [0.15, 0.2) is 48.8 Å². The molecule has 146 valence electrons. The summed E-state index contributed by atoms with van der Waals surface area (Å²) in [7, 11) is 3.73. The summed E-state index contributed by atoms with van der Waals surface area (Å²) in [4.78, 5) is 23.8. The van der Waals surface area contributed by atoms with Crippen LogP contribution in [0.2, 0.25) is 0 Å². The van der Waals surface area contributed by atoms with E-state index in [2.05, 4.69) is 22.0 Å². The number of amides is 1. The maximum atomic E-state index is 13.2. The Bertz CT molecular complexity index is 916. The van der Waals surface area contributed by atoms with Crippen LogP contribution in [0.5, 0.6) is 0 Å². The minimum absolute atomic E-state index is 0.0000239. The molecule has 3 rings (SSSR count). The van der Waals surface area contributed by atoms with Crippen LogP contribution in [-0.4, -0.2) is 37.6 Å². The number of benzene rings is 1. The number of aromatic nitrogens is 4. The molecule has 1 amide bonds. The lowest BCUT2D eigenvalue weighted by Crippen LogP contribution is -2.31. The topological polar surface area (TPSA) is 63.9 Å². The molecule has 3 aromatic rings. The maximum absolute atomic E-state index is 13.2. The third-order valence-corrected chi connectivity index (χ3v) is 5.04. The normalized spacial score (nSPS) is 12.0. The van der Waals surface area contributed by atoms with Crippen molar-refractivity contribution in [2.75, 3.05) is 7.05 Å². The number of pyridine rings is 1. The summed E-state index contributed by atoms with van der Waals surface area (Å²) >= 11 is 0. The number of carbonyl (C=O) groups excluding carboxylic acids is 1. The molecular weight excluding hydrogens is 350 g/mol. The average Bonchev–Trinajstić information content (AvgIpc) is 3.07. The molecule has 0 unspecified atom stereocenters. The first-order valence-electron chi connectivity index (χ1n) is 9.66. The summed E-state index contributed by atoms with van der Waals surface area (Å²) < 4.78 is 1.74. The van der Waals surface area contributed by atoms with Crippen LogP contribution in [0.3, 0.4) is 0 Å². The number of carbonyl (C=O) groups is 1. The van der Waals surface area contributed by atoms with Gasteiger partial charge in [0, 0.05) is 37.6 Å². The van der Waals surface area contributed by atoms with Crippen molar-refractivity contribution in [3.8, 4) is 11.4 Å². The number of nitrogens with zero attached hydrogens (tertiary/aromatic N) is 5. The molecule has 0 spiro atoms. The maximum Gasteiger partial charge on any atom is 0.254 e. The van der Waals surface area contributed by atoms with Crippen LogP contribution in [-0.2, 0) is 7.05 Å². The Morgan fingerprint density at radius 3 is 2.71 bits per heavy atom. The third kappa shape index (κ3) is 4.27. The average molecular weight is 377 g/mol. The van der Waals surface area contributed by atoms with E-state index < -0.39 is 0 Å². The van der Waals surface area contributed by atoms with E-state index >= 15 is 0 Å². The minimum atomic E-state index is -0.0144. The number of rotatable bonds is 7. The predicted molar refractivity (Wildman–Crippen MR) is 110 cm³/mol. The van der Waals surface area contributed by atoms with Crippen LogP contribution in [0, 0.1) is 6.92 Å². The van der Waals surface area contributed by atoms with Gasteiger partial charge in [-0.2, -0.15) is 5.10 Å². The van der Waals surface area contributed by atoms with E-state index in [-0.39, 0.29) is 11.9 Å². The Morgan fingerprint density at radius 1 is 1.25 bits per heavy atom. The molecule has 6 nitrogen and oxygen atoms in total. The molecule has 0 radical (unpaired) electrons. The van der Waals surface area contributed by atoms with E-state index in [1.807, 2.05) is 68.5 Å². The second-order valence-corrected chi connectivity index (χ2v) is 7.05. The zero-order valence-corrected chi connectivity index (χ0v) is 17.0. The van der Waals surface area contributed by atoms with Gasteiger partial charge in [-0.05, 0) is 37.1 Å². The number of hydrogen-bond donors (Lipinski definition) is 0. The molecule has 0 aliphatic carbocycles. The number of hydrogen-bond acceptors (Lipinski definition) is 4. The second kappa shape index (κ2) is 8.78. The lowest BCUT2D eigenvalue weighted by molar-refractivity contribution is 0.0720. The Morgan fingerprint density at radius 2 is 2.07 bits per heavy atom. The first-order chi connectivity index (χ1) is 13.5. The quantitative estimate of drug-likeness (QED) is 0.619. The molecular formula is C22H27N5O. The lowest BCUT2D eigenvalue weighted by Gasteiger charge is -2.28. The van der Waals surface area contributed by atoms with Gasteiger partial charge in [0.05, 0.1) is 6.04 Å². The van der Waals surface area contributed by atoms with E-state index in [9.17, 15) is 4.79 Å². The van der Waals surface area contributed by atoms with Crippen molar-refractivity contribution in [3.05, 3.63) is 65.7 Å². The standard InChI is InChI=1S/C22H27N5O/c1-5-6-12-20(19-11-8-13-23-15-19)26(3)22(28)18-10-7-9-17(14-18)21-24-16(2)27(4)25-21/h7-11,13-15,20H,5-6,12H2,1-4H3/t20-/m0/s1. The fourth-order valence-electron chi connectivity index (χ4n) is 3.28. The molecule has 1 atom stereocenters. The van der Waals surface area contributed by atoms with Gasteiger partial charge < -0.3 is 4.90 Å². The van der Waals surface area contributed by atoms with Crippen LogP contribution in [0.4, 0.5) is 0 Å². The molecule has 0 saturated carbocycles. The van der Waals surface area contributed by atoms with E-state index in [0.717, 1.165) is 36.2 Å². The van der Waals surface area contributed by atoms with Crippen molar-refractivity contribution in [2.45, 2.75) is 39.2 Å². The van der Waals surface area contributed by atoms with Gasteiger partial charge in [0.25, 0.3) is 5.91 Å². The van der Waals surface area contributed by atoms with Gasteiger partial charge in [-0.3, -0.25) is 14.5 Å². The van der Waals surface area contributed by atoms with Crippen molar-refractivity contribution >= 4 is 5.91 Å². The van der Waals surface area contributed by atoms with E-state index in [4.69, 9.17) is 0 Å². The molecule has 2 aromatic heterocycles. The number of aryl methyl sites for hydroxylation is 2. The molecule has 0 saturated heterocycles. The molecule has 0 aliphatic rings. The molecule has 1 aromatic carbocycles. The smallest absolute Gasteiger partial charge is 0.254 e. The summed E-state index contributed by atoms with van der Waals surface area (Å²) in [5, 5.41) is 4.42. The fourth-order valence-corrected chi connectivity index (χ4v) is 3.28. The highest BCUT2D eigenvalue weighted by molar-refractivity contribution is 5.95. The zero-order valence-electron chi connectivity index (χ0n) is 17.0. The van der Waals surface area contributed by atoms with Gasteiger partial charge in [-0.1, -0.05) is 38.0 Å². The van der Waals surface area contributed by atoms with Crippen molar-refractivity contribution in [3.63, 3.8) is 0 Å². The van der Waals surface area contributed by atoms with Gasteiger partial charge in [0.1, 0.15) is 5.82 Å². The Balaban J connectivity index is 1.88. The Kier molecular flexibility index (Phi) is 6.19. The summed E-state index contributed by atoms with van der Waals surface area (Å²) in [6.07, 6.45) is 6.65. The molecule has 6 heteroatoms. The van der Waals surface area contributed by atoms with E-state index in [0.29, 0.717) is 11.4 Å². The first kappa shape index (κ1) is 19.7. The second-order valence-electron chi connectivity index (χ2n) is 7.05. The van der Waals surface area contributed by atoms with Gasteiger partial charge in [0.2, 0.25) is 0 Å². The van der Waals surface area contributed by atoms with Crippen molar-refractivity contribution in [2.24, 2.45) is 7.05 Å².